The molecule has 1 aromatic carbocycles. The Bertz CT molecular complexity index is 552. The molecule has 1 aliphatic rings. The molecule has 1 aliphatic carbocycles. The Balaban J connectivity index is 2.19. The summed E-state index contributed by atoms with van der Waals surface area (Å²) in [5, 5.41) is 9.94. The third-order valence-electron chi connectivity index (χ3n) is 3.46. The van der Waals surface area contributed by atoms with Gasteiger partial charge in [-0.2, -0.15) is 0 Å². The number of nitrogens with zero attached hydrogens (tertiary/aromatic N) is 1. The quantitative estimate of drug-likeness (QED) is 0.836. The summed E-state index contributed by atoms with van der Waals surface area (Å²) in [6.07, 6.45) is 5.71. The summed E-state index contributed by atoms with van der Waals surface area (Å²) >= 11 is 0. The lowest BCUT2D eigenvalue weighted by atomic mass is 9.93. The van der Waals surface area contributed by atoms with Gasteiger partial charge < -0.3 is 9.67 Å². The molecule has 0 spiro atoms. The van der Waals surface area contributed by atoms with Gasteiger partial charge in [0.1, 0.15) is 0 Å². The van der Waals surface area contributed by atoms with Crippen LogP contribution in [0, 0.1) is 0 Å². The van der Waals surface area contributed by atoms with E-state index in [-0.39, 0.29) is 0 Å². The molecule has 82 valence electrons. The second kappa shape index (κ2) is 3.37. The molecule has 0 amide bonds. The van der Waals surface area contributed by atoms with Crippen molar-refractivity contribution in [2.45, 2.75) is 25.3 Å². The summed E-state index contributed by atoms with van der Waals surface area (Å²) in [6, 6.07) is 7.97. The fourth-order valence-corrected chi connectivity index (χ4v) is 2.36. The largest absolute Gasteiger partial charge is 0.478 e. The lowest BCUT2D eigenvalue weighted by Gasteiger charge is -2.28. The van der Waals surface area contributed by atoms with Crippen LogP contribution < -0.4 is 0 Å². The minimum atomic E-state index is -0.850. The van der Waals surface area contributed by atoms with Crippen LogP contribution in [0.25, 0.3) is 10.9 Å². The second-order valence-electron chi connectivity index (χ2n) is 4.35. The normalized spacial score (nSPS) is 16.2. The van der Waals surface area contributed by atoms with E-state index in [1.165, 1.54) is 19.3 Å². The van der Waals surface area contributed by atoms with Crippen LogP contribution in [-0.2, 0) is 0 Å². The van der Waals surface area contributed by atoms with E-state index in [1.807, 2.05) is 24.4 Å². The molecule has 0 bridgehead atoms. The molecule has 1 N–H and O–H groups in total. The van der Waals surface area contributed by atoms with E-state index in [0.717, 1.165) is 10.9 Å². The van der Waals surface area contributed by atoms with E-state index in [1.54, 1.807) is 6.07 Å². The molecule has 1 saturated carbocycles. The average Bonchev–Trinajstić information content (AvgIpc) is 2.59. The predicted molar refractivity (Wildman–Crippen MR) is 61.8 cm³/mol. The van der Waals surface area contributed by atoms with Crippen LogP contribution in [0.2, 0.25) is 0 Å². The zero-order valence-electron chi connectivity index (χ0n) is 8.89. The minimum Gasteiger partial charge on any atom is -0.478 e. The number of carboxylic acid groups (broad SMARTS) is 1. The number of carboxylic acids is 1. The third-order valence-corrected chi connectivity index (χ3v) is 3.46. The predicted octanol–water partition coefficient (Wildman–Crippen LogP) is 3.06. The Morgan fingerprint density at radius 1 is 1.31 bits per heavy atom. The maximum Gasteiger partial charge on any atom is 0.336 e. The van der Waals surface area contributed by atoms with E-state index in [4.69, 9.17) is 5.11 Å². The zero-order chi connectivity index (χ0) is 11.1. The first-order valence-corrected chi connectivity index (χ1v) is 5.60. The molecule has 1 aromatic heterocycles. The molecule has 0 aliphatic heterocycles. The highest BCUT2D eigenvalue weighted by Crippen LogP contribution is 2.35. The molecular weight excluding hydrogens is 202 g/mol. The molecule has 2 aromatic rings. The molecule has 1 fully saturated rings. The van der Waals surface area contributed by atoms with Crippen molar-refractivity contribution in [1.82, 2.24) is 4.57 Å². The van der Waals surface area contributed by atoms with Gasteiger partial charge in [-0.3, -0.25) is 0 Å². The highest BCUT2D eigenvalue weighted by molar-refractivity contribution is 6.03. The molecule has 0 saturated heterocycles. The van der Waals surface area contributed by atoms with E-state index in [9.17, 15) is 4.79 Å². The van der Waals surface area contributed by atoms with Crippen LogP contribution >= 0.6 is 0 Å². The van der Waals surface area contributed by atoms with Gasteiger partial charge in [-0.15, -0.1) is 0 Å². The standard InChI is InChI=1S/C13H13NO2/c15-13(16)11-5-2-6-12-10(11)7-8-14(12)9-3-1-4-9/h2,5-9H,1,3-4H2,(H,15,16). The number of fused-ring (bicyclic) bond motifs is 1. The number of benzene rings is 1. The average molecular weight is 215 g/mol. The zero-order valence-corrected chi connectivity index (χ0v) is 8.89. The van der Waals surface area contributed by atoms with Crippen LogP contribution in [0.15, 0.2) is 30.5 Å². The maximum absolute atomic E-state index is 11.1. The van der Waals surface area contributed by atoms with Crippen molar-refractivity contribution in [3.63, 3.8) is 0 Å². The summed E-state index contributed by atoms with van der Waals surface area (Å²) in [5.41, 5.74) is 1.44. The molecule has 0 unspecified atom stereocenters. The second-order valence-corrected chi connectivity index (χ2v) is 4.35. The Kier molecular flexibility index (Phi) is 1.99. The van der Waals surface area contributed by atoms with Gasteiger partial charge >= 0.3 is 5.97 Å². The van der Waals surface area contributed by atoms with Crippen molar-refractivity contribution >= 4 is 16.9 Å². The Labute approximate surface area is 93.3 Å². The fraction of sp³-hybridized carbons (Fsp3) is 0.308. The van der Waals surface area contributed by atoms with Gasteiger partial charge in [0, 0.05) is 23.1 Å². The number of aromatic carboxylic acids is 1. The van der Waals surface area contributed by atoms with Gasteiger partial charge in [0.25, 0.3) is 0 Å². The summed E-state index contributed by atoms with van der Waals surface area (Å²) in [6.45, 7) is 0. The lowest BCUT2D eigenvalue weighted by molar-refractivity contribution is 0.0699. The molecular formula is C13H13NO2. The highest BCUT2D eigenvalue weighted by Gasteiger charge is 2.21. The number of hydrogen-bond donors (Lipinski definition) is 1. The monoisotopic (exact) mass is 215 g/mol. The van der Waals surface area contributed by atoms with Gasteiger partial charge in [0.05, 0.1) is 5.56 Å². The van der Waals surface area contributed by atoms with Gasteiger partial charge in [-0.25, -0.2) is 4.79 Å². The Morgan fingerprint density at radius 2 is 2.12 bits per heavy atom. The van der Waals surface area contributed by atoms with Gasteiger partial charge in [-0.1, -0.05) is 6.07 Å². The summed E-state index contributed by atoms with van der Waals surface area (Å²) in [5.74, 6) is -0.850. The van der Waals surface area contributed by atoms with E-state index in [2.05, 4.69) is 4.57 Å². The van der Waals surface area contributed by atoms with Crippen molar-refractivity contribution < 1.29 is 9.90 Å². The fourth-order valence-electron chi connectivity index (χ4n) is 2.36. The molecule has 0 radical (unpaired) electrons. The first-order chi connectivity index (χ1) is 7.77. The van der Waals surface area contributed by atoms with Gasteiger partial charge in [-0.05, 0) is 37.5 Å². The molecule has 3 heteroatoms. The summed E-state index contributed by atoms with van der Waals surface area (Å²) < 4.78 is 2.21. The van der Waals surface area contributed by atoms with Crippen molar-refractivity contribution in [1.29, 1.82) is 0 Å². The summed E-state index contributed by atoms with van der Waals surface area (Å²) in [4.78, 5) is 11.1. The van der Waals surface area contributed by atoms with Gasteiger partial charge in [0.15, 0.2) is 0 Å². The van der Waals surface area contributed by atoms with E-state index in [0.29, 0.717) is 11.6 Å². The number of carbonyl (C=O) groups is 1. The third kappa shape index (κ3) is 1.24. The van der Waals surface area contributed by atoms with E-state index < -0.39 is 5.97 Å². The maximum atomic E-state index is 11.1. The molecule has 1 heterocycles. The van der Waals surface area contributed by atoms with Crippen LogP contribution in [0.5, 0.6) is 0 Å². The number of aromatic nitrogens is 1. The Morgan fingerprint density at radius 3 is 2.75 bits per heavy atom. The topological polar surface area (TPSA) is 42.2 Å². The molecule has 16 heavy (non-hydrogen) atoms. The minimum absolute atomic E-state index is 0.399. The van der Waals surface area contributed by atoms with Crippen molar-refractivity contribution in [2.24, 2.45) is 0 Å². The SMILES string of the molecule is O=C(O)c1cccc2c1ccn2C1CCC1. The molecule has 3 nitrogen and oxygen atoms in total. The highest BCUT2D eigenvalue weighted by atomic mass is 16.4. The molecule has 3 rings (SSSR count). The van der Waals surface area contributed by atoms with Crippen LogP contribution in [0.3, 0.4) is 0 Å². The lowest BCUT2D eigenvalue weighted by Crippen LogP contribution is -2.15. The van der Waals surface area contributed by atoms with Crippen molar-refractivity contribution in [3.05, 3.63) is 36.0 Å². The van der Waals surface area contributed by atoms with Crippen LogP contribution in [0.1, 0.15) is 35.7 Å². The van der Waals surface area contributed by atoms with E-state index >= 15 is 0 Å². The number of rotatable bonds is 2. The van der Waals surface area contributed by atoms with Crippen molar-refractivity contribution in [2.75, 3.05) is 0 Å². The first-order valence-electron chi connectivity index (χ1n) is 5.60. The molecule has 0 atom stereocenters. The first kappa shape index (κ1) is 9.46. The van der Waals surface area contributed by atoms with Gasteiger partial charge in [0.2, 0.25) is 0 Å². The van der Waals surface area contributed by atoms with Crippen LogP contribution in [-0.4, -0.2) is 15.6 Å². The number of hydrogen-bond acceptors (Lipinski definition) is 1. The summed E-state index contributed by atoms with van der Waals surface area (Å²) in [7, 11) is 0. The van der Waals surface area contributed by atoms with Crippen molar-refractivity contribution in [3.8, 4) is 0 Å². The Hall–Kier alpha value is -1.77. The smallest absolute Gasteiger partial charge is 0.336 e. The van der Waals surface area contributed by atoms with Crippen LogP contribution in [0.4, 0.5) is 0 Å².